The van der Waals surface area contributed by atoms with E-state index < -0.39 is 5.79 Å². The van der Waals surface area contributed by atoms with Crippen molar-refractivity contribution in [2.75, 3.05) is 7.11 Å². The monoisotopic (exact) mass is 216 g/mol. The minimum absolute atomic E-state index is 0.118. The molecule has 4 heteroatoms. The maximum Gasteiger partial charge on any atom is 0.188 e. The van der Waals surface area contributed by atoms with Gasteiger partial charge in [-0.15, -0.1) is 11.6 Å². The molecule has 1 saturated heterocycles. The number of carbonyl (C=O) groups is 1. The van der Waals surface area contributed by atoms with Crippen LogP contribution in [0.25, 0.3) is 0 Å². The van der Waals surface area contributed by atoms with Gasteiger partial charge in [0.2, 0.25) is 0 Å². The second kappa shape index (κ2) is 2.71. The van der Waals surface area contributed by atoms with E-state index in [2.05, 4.69) is 0 Å². The first-order valence-corrected chi connectivity index (χ1v) is 5.52. The van der Waals surface area contributed by atoms with E-state index in [1.807, 2.05) is 0 Å². The van der Waals surface area contributed by atoms with Crippen LogP contribution >= 0.6 is 11.6 Å². The standard InChI is InChI=1S/C10H13ClO3/c1-13-10-6-2-5(3-8(10)11)9(12)7(4-6)14-10/h5-8H,2-4H2,1H3/t5-,6-,7-,8+,10+/m0/s1. The molecule has 1 heterocycles. The highest BCUT2D eigenvalue weighted by atomic mass is 35.5. The number of methoxy groups -OCH3 is 1. The molecule has 78 valence electrons. The Morgan fingerprint density at radius 1 is 1.50 bits per heavy atom. The summed E-state index contributed by atoms with van der Waals surface area (Å²) in [6.45, 7) is 0. The first-order valence-electron chi connectivity index (χ1n) is 5.08. The van der Waals surface area contributed by atoms with Crippen LogP contribution in [-0.4, -0.2) is 30.2 Å². The Hall–Kier alpha value is -0.120. The average Bonchev–Trinajstić information content (AvgIpc) is 2.48. The Bertz CT molecular complexity index is 291. The largest absolute Gasteiger partial charge is 0.351 e. The van der Waals surface area contributed by atoms with Crippen molar-refractivity contribution < 1.29 is 14.3 Å². The van der Waals surface area contributed by atoms with Gasteiger partial charge < -0.3 is 9.47 Å². The van der Waals surface area contributed by atoms with Gasteiger partial charge in [0.1, 0.15) is 6.10 Å². The normalized spacial score (nSPS) is 55.4. The SMILES string of the molecule is CO[C@@]12O[C@H]3C[C@@H]1C[C@@H](C[C@H]2Cl)C3=O. The van der Waals surface area contributed by atoms with Gasteiger partial charge in [-0.05, 0) is 19.3 Å². The average molecular weight is 217 g/mol. The molecule has 3 bridgehead atoms. The molecule has 0 aromatic heterocycles. The summed E-state index contributed by atoms with van der Waals surface area (Å²) >= 11 is 6.26. The van der Waals surface area contributed by atoms with E-state index in [-0.39, 0.29) is 23.2 Å². The second-order valence-electron chi connectivity index (χ2n) is 4.50. The number of alkyl halides is 1. The van der Waals surface area contributed by atoms with Crippen LogP contribution in [0.1, 0.15) is 19.3 Å². The van der Waals surface area contributed by atoms with Crippen molar-refractivity contribution in [3.05, 3.63) is 0 Å². The Labute approximate surface area is 87.7 Å². The smallest absolute Gasteiger partial charge is 0.188 e. The molecular formula is C10H13ClO3. The van der Waals surface area contributed by atoms with Crippen LogP contribution < -0.4 is 0 Å². The van der Waals surface area contributed by atoms with E-state index in [1.165, 1.54) is 0 Å². The lowest BCUT2D eigenvalue weighted by Gasteiger charge is -2.41. The van der Waals surface area contributed by atoms with Gasteiger partial charge >= 0.3 is 0 Å². The van der Waals surface area contributed by atoms with Gasteiger partial charge in [0, 0.05) is 18.9 Å². The number of hydrogen-bond donors (Lipinski definition) is 0. The predicted octanol–water partition coefficient (Wildman–Crippen LogP) is 1.33. The zero-order valence-electron chi connectivity index (χ0n) is 8.03. The molecule has 2 aliphatic carbocycles. The molecule has 14 heavy (non-hydrogen) atoms. The molecule has 0 aromatic carbocycles. The fourth-order valence-electron chi connectivity index (χ4n) is 3.25. The molecule has 0 N–H and O–H groups in total. The van der Waals surface area contributed by atoms with Gasteiger partial charge in [0.05, 0.1) is 5.38 Å². The minimum atomic E-state index is -0.672. The molecule has 2 saturated carbocycles. The van der Waals surface area contributed by atoms with Gasteiger partial charge in [-0.1, -0.05) is 0 Å². The van der Waals surface area contributed by atoms with Crippen LogP contribution in [0.15, 0.2) is 0 Å². The maximum atomic E-state index is 11.8. The third-order valence-electron chi connectivity index (χ3n) is 3.93. The molecule has 3 aliphatic rings. The summed E-state index contributed by atoms with van der Waals surface area (Å²) < 4.78 is 11.2. The van der Waals surface area contributed by atoms with E-state index in [0.29, 0.717) is 12.3 Å². The Balaban J connectivity index is 2.05. The van der Waals surface area contributed by atoms with Gasteiger partial charge in [-0.3, -0.25) is 4.79 Å². The second-order valence-corrected chi connectivity index (χ2v) is 5.03. The summed E-state index contributed by atoms with van der Waals surface area (Å²) in [7, 11) is 1.63. The van der Waals surface area contributed by atoms with Crippen molar-refractivity contribution in [2.45, 2.75) is 36.5 Å². The van der Waals surface area contributed by atoms with E-state index in [4.69, 9.17) is 21.1 Å². The third kappa shape index (κ3) is 0.884. The first kappa shape index (κ1) is 9.13. The Morgan fingerprint density at radius 3 is 3.00 bits per heavy atom. The Kier molecular flexibility index (Phi) is 1.77. The van der Waals surface area contributed by atoms with Crippen molar-refractivity contribution in [1.82, 2.24) is 0 Å². The zero-order chi connectivity index (χ0) is 9.92. The predicted molar refractivity (Wildman–Crippen MR) is 50.1 cm³/mol. The first-order chi connectivity index (χ1) is 6.67. The highest BCUT2D eigenvalue weighted by Crippen LogP contribution is 2.55. The number of ketones is 1. The molecular weight excluding hydrogens is 204 g/mol. The summed E-state index contributed by atoms with van der Waals surface area (Å²) in [6, 6.07) is 0. The third-order valence-corrected chi connectivity index (χ3v) is 4.41. The number of carbonyl (C=O) groups excluding carboxylic acids is 1. The molecule has 0 amide bonds. The lowest BCUT2D eigenvalue weighted by molar-refractivity contribution is -0.229. The van der Waals surface area contributed by atoms with Crippen LogP contribution in [0.3, 0.4) is 0 Å². The summed E-state index contributed by atoms with van der Waals surface area (Å²) in [5.74, 6) is 0.00122. The van der Waals surface area contributed by atoms with Crippen molar-refractivity contribution >= 4 is 17.4 Å². The van der Waals surface area contributed by atoms with Gasteiger partial charge in [0.25, 0.3) is 0 Å². The molecule has 3 fully saturated rings. The fraction of sp³-hybridized carbons (Fsp3) is 0.900. The maximum absolute atomic E-state index is 11.8. The van der Waals surface area contributed by atoms with E-state index >= 15 is 0 Å². The van der Waals surface area contributed by atoms with Crippen LogP contribution in [0.5, 0.6) is 0 Å². The number of hydrogen-bond acceptors (Lipinski definition) is 3. The van der Waals surface area contributed by atoms with Gasteiger partial charge in [-0.25, -0.2) is 0 Å². The minimum Gasteiger partial charge on any atom is -0.351 e. The van der Waals surface area contributed by atoms with Crippen LogP contribution in [0, 0.1) is 11.8 Å². The van der Waals surface area contributed by atoms with Crippen LogP contribution in [0.4, 0.5) is 0 Å². The van der Waals surface area contributed by atoms with Gasteiger partial charge in [-0.2, -0.15) is 0 Å². The van der Waals surface area contributed by atoms with Crippen molar-refractivity contribution in [1.29, 1.82) is 0 Å². The molecule has 3 nitrogen and oxygen atoms in total. The molecule has 5 atom stereocenters. The van der Waals surface area contributed by atoms with Crippen LogP contribution in [-0.2, 0) is 14.3 Å². The number of halogens is 1. The fourth-order valence-corrected chi connectivity index (χ4v) is 3.78. The molecule has 0 spiro atoms. The summed E-state index contributed by atoms with van der Waals surface area (Å²) in [5, 5.41) is -0.173. The number of rotatable bonds is 1. The lowest BCUT2D eigenvalue weighted by Crippen LogP contribution is -2.50. The van der Waals surface area contributed by atoms with Crippen molar-refractivity contribution in [3.63, 3.8) is 0 Å². The topological polar surface area (TPSA) is 35.5 Å². The van der Waals surface area contributed by atoms with E-state index in [9.17, 15) is 4.79 Å². The highest BCUT2D eigenvalue weighted by molar-refractivity contribution is 6.21. The van der Waals surface area contributed by atoms with E-state index in [1.54, 1.807) is 7.11 Å². The molecule has 0 radical (unpaired) electrons. The Morgan fingerprint density at radius 2 is 2.29 bits per heavy atom. The highest BCUT2D eigenvalue weighted by Gasteiger charge is 2.63. The van der Waals surface area contributed by atoms with Gasteiger partial charge in [0.15, 0.2) is 11.6 Å². The number of fused-ring (bicyclic) bond motifs is 2. The van der Waals surface area contributed by atoms with Crippen LogP contribution in [0.2, 0.25) is 0 Å². The molecule has 0 aromatic rings. The number of ether oxygens (including phenoxy) is 2. The summed E-state index contributed by atoms with van der Waals surface area (Å²) in [4.78, 5) is 11.8. The van der Waals surface area contributed by atoms with Crippen molar-refractivity contribution in [2.24, 2.45) is 11.8 Å². The zero-order valence-corrected chi connectivity index (χ0v) is 8.79. The molecule has 1 aliphatic heterocycles. The van der Waals surface area contributed by atoms with E-state index in [0.717, 1.165) is 12.8 Å². The number of Topliss-reactive ketones (excluding diaryl/α,β-unsaturated/α-hetero) is 1. The summed E-state index contributed by atoms with van der Waals surface area (Å²) in [5.41, 5.74) is 0. The summed E-state index contributed by atoms with van der Waals surface area (Å²) in [6.07, 6.45) is 2.16. The molecule has 0 unspecified atom stereocenters. The lowest BCUT2D eigenvalue weighted by atomic mass is 9.70. The quantitative estimate of drug-likeness (QED) is 0.621. The van der Waals surface area contributed by atoms with Crippen molar-refractivity contribution in [3.8, 4) is 0 Å². The molecule has 3 rings (SSSR count).